The first-order chi connectivity index (χ1) is 14.6. The normalized spacial score (nSPS) is 12.3. The van der Waals surface area contributed by atoms with Gasteiger partial charge in [0, 0.05) is 26.7 Å². The van der Waals surface area contributed by atoms with Crippen LogP contribution in [0.1, 0.15) is 25.0 Å². The molecule has 0 unspecified atom stereocenters. The van der Waals surface area contributed by atoms with E-state index in [0.717, 1.165) is 5.56 Å². The quantitative estimate of drug-likeness (QED) is 0.347. The average molecular weight is 428 g/mol. The van der Waals surface area contributed by atoms with Gasteiger partial charge in [-0.2, -0.15) is 0 Å². The fourth-order valence-electron chi connectivity index (χ4n) is 2.87. The maximum absolute atomic E-state index is 12.6. The zero-order valence-electron chi connectivity index (χ0n) is 17.1. The largest absolute Gasteiger partial charge is 0.508 e. The molecule has 0 heterocycles. The molecule has 0 aliphatic rings. The van der Waals surface area contributed by atoms with Crippen molar-refractivity contribution >= 4 is 23.8 Å². The molecule has 4 N–H and O–H groups in total. The number of carbonyl (C=O) groups excluding carboxylic acids is 3. The van der Waals surface area contributed by atoms with Crippen LogP contribution in [0.4, 0.5) is 0 Å². The number of carbonyl (C=O) groups is 4. The van der Waals surface area contributed by atoms with Crippen molar-refractivity contribution < 1.29 is 34.1 Å². The van der Waals surface area contributed by atoms with E-state index in [1.54, 1.807) is 24.3 Å². The molecule has 164 valence electrons. The molecule has 0 aliphatic carbocycles. The molecule has 2 rings (SSSR count). The SMILES string of the molecule is CC(=O)N[C@@H](Cc1ccc(OC(=O)[C@H](Cc2ccc(O)cc2)NC(C)=O)cc1)C(=O)O. The van der Waals surface area contributed by atoms with E-state index in [2.05, 4.69) is 10.6 Å². The van der Waals surface area contributed by atoms with Gasteiger partial charge >= 0.3 is 11.9 Å². The third-order valence-electron chi connectivity index (χ3n) is 4.30. The molecule has 9 nitrogen and oxygen atoms in total. The van der Waals surface area contributed by atoms with Crippen molar-refractivity contribution in [1.29, 1.82) is 0 Å². The van der Waals surface area contributed by atoms with Crippen LogP contribution in [-0.2, 0) is 32.0 Å². The van der Waals surface area contributed by atoms with Gasteiger partial charge in [0.05, 0.1) is 0 Å². The van der Waals surface area contributed by atoms with E-state index in [4.69, 9.17) is 4.74 Å². The Morgan fingerprint density at radius 1 is 0.806 bits per heavy atom. The minimum absolute atomic E-state index is 0.0680. The fourth-order valence-corrected chi connectivity index (χ4v) is 2.87. The number of phenolic OH excluding ortho intramolecular Hbond substituents is 1. The van der Waals surface area contributed by atoms with Gasteiger partial charge in [-0.1, -0.05) is 24.3 Å². The summed E-state index contributed by atoms with van der Waals surface area (Å²) < 4.78 is 5.36. The number of phenols is 1. The topological polar surface area (TPSA) is 142 Å². The lowest BCUT2D eigenvalue weighted by molar-refractivity contribution is -0.141. The van der Waals surface area contributed by atoms with Crippen molar-refractivity contribution in [1.82, 2.24) is 10.6 Å². The fraction of sp³-hybridized carbons (Fsp3) is 0.273. The van der Waals surface area contributed by atoms with Gasteiger partial charge in [0.15, 0.2) is 0 Å². The van der Waals surface area contributed by atoms with Crippen molar-refractivity contribution in [2.45, 2.75) is 38.8 Å². The second-order valence-corrected chi connectivity index (χ2v) is 6.98. The van der Waals surface area contributed by atoms with E-state index in [1.807, 2.05) is 0 Å². The first-order valence-corrected chi connectivity index (χ1v) is 9.49. The smallest absolute Gasteiger partial charge is 0.334 e. The number of carboxylic acid groups (broad SMARTS) is 1. The van der Waals surface area contributed by atoms with Gasteiger partial charge in [0.1, 0.15) is 23.6 Å². The van der Waals surface area contributed by atoms with Gasteiger partial charge in [-0.05, 0) is 35.4 Å². The first-order valence-electron chi connectivity index (χ1n) is 9.49. The molecule has 0 saturated carbocycles. The number of ether oxygens (including phenoxy) is 1. The second kappa shape index (κ2) is 10.8. The minimum atomic E-state index is -1.15. The van der Waals surface area contributed by atoms with Crippen molar-refractivity contribution in [2.24, 2.45) is 0 Å². The lowest BCUT2D eigenvalue weighted by Crippen LogP contribution is -2.43. The summed E-state index contributed by atoms with van der Waals surface area (Å²) in [5.41, 5.74) is 1.35. The Kier molecular flexibility index (Phi) is 8.13. The van der Waals surface area contributed by atoms with Gasteiger partial charge < -0.3 is 25.6 Å². The highest BCUT2D eigenvalue weighted by molar-refractivity contribution is 5.85. The summed E-state index contributed by atoms with van der Waals surface area (Å²) in [5.74, 6) is -2.35. The third kappa shape index (κ3) is 7.81. The minimum Gasteiger partial charge on any atom is -0.508 e. The molecular formula is C22H24N2O7. The molecule has 0 radical (unpaired) electrons. The van der Waals surface area contributed by atoms with E-state index in [0.29, 0.717) is 5.56 Å². The summed E-state index contributed by atoms with van der Waals surface area (Å²) in [6, 6.07) is 10.4. The van der Waals surface area contributed by atoms with Crippen molar-refractivity contribution in [2.75, 3.05) is 0 Å². The van der Waals surface area contributed by atoms with Crippen LogP contribution in [0.3, 0.4) is 0 Å². The zero-order chi connectivity index (χ0) is 23.0. The maximum atomic E-state index is 12.6. The van der Waals surface area contributed by atoms with Crippen molar-refractivity contribution in [3.8, 4) is 11.5 Å². The first kappa shape index (κ1) is 23.4. The number of hydrogen-bond donors (Lipinski definition) is 4. The number of esters is 1. The van der Waals surface area contributed by atoms with Crippen LogP contribution in [0.5, 0.6) is 11.5 Å². The van der Waals surface area contributed by atoms with Crippen molar-refractivity contribution in [3.63, 3.8) is 0 Å². The molecule has 0 aromatic heterocycles. The number of carboxylic acids is 1. The van der Waals surface area contributed by atoms with Crippen LogP contribution in [-0.4, -0.2) is 46.0 Å². The van der Waals surface area contributed by atoms with E-state index in [9.17, 15) is 29.4 Å². The molecule has 31 heavy (non-hydrogen) atoms. The van der Waals surface area contributed by atoms with Gasteiger partial charge in [-0.15, -0.1) is 0 Å². The molecule has 9 heteroatoms. The van der Waals surface area contributed by atoms with Crippen LogP contribution in [0.25, 0.3) is 0 Å². The molecule has 2 amide bonds. The third-order valence-corrected chi connectivity index (χ3v) is 4.30. The summed E-state index contributed by atoms with van der Waals surface area (Å²) in [7, 11) is 0. The molecule has 0 fully saturated rings. The number of rotatable bonds is 9. The zero-order valence-corrected chi connectivity index (χ0v) is 17.1. The lowest BCUT2D eigenvalue weighted by atomic mass is 10.1. The Morgan fingerprint density at radius 3 is 1.74 bits per heavy atom. The highest BCUT2D eigenvalue weighted by Crippen LogP contribution is 2.16. The molecular weight excluding hydrogens is 404 g/mol. The molecule has 0 saturated heterocycles. The van der Waals surface area contributed by atoms with Gasteiger partial charge in [0.25, 0.3) is 0 Å². The summed E-state index contributed by atoms with van der Waals surface area (Å²) in [4.78, 5) is 46.5. The molecule has 2 aromatic carbocycles. The maximum Gasteiger partial charge on any atom is 0.334 e. The standard InChI is InChI=1S/C22H24N2O7/c1-13(25)23-19(21(28)29)11-16-5-9-18(10-6-16)31-22(30)20(24-14(2)26)12-15-3-7-17(27)8-4-15/h3-10,19-20,27H,11-12H2,1-2H3,(H,23,25)(H,24,26)(H,28,29)/t19-,20-/m0/s1. The molecule has 2 atom stereocenters. The van der Waals surface area contributed by atoms with Crippen LogP contribution < -0.4 is 15.4 Å². The Labute approximate surface area is 179 Å². The van der Waals surface area contributed by atoms with Gasteiger partial charge in [-0.25, -0.2) is 9.59 Å². The predicted octanol–water partition coefficient (Wildman–Crippen LogP) is 1.18. The number of nitrogens with one attached hydrogen (secondary N) is 2. The monoisotopic (exact) mass is 428 g/mol. The van der Waals surface area contributed by atoms with E-state index < -0.39 is 35.8 Å². The number of benzene rings is 2. The van der Waals surface area contributed by atoms with Crippen LogP contribution in [0, 0.1) is 0 Å². The Bertz CT molecular complexity index is 939. The highest BCUT2D eigenvalue weighted by Gasteiger charge is 2.23. The van der Waals surface area contributed by atoms with Crippen molar-refractivity contribution in [3.05, 3.63) is 59.7 Å². The number of aliphatic carboxylic acids is 1. The summed E-state index contributed by atoms with van der Waals surface area (Å²) in [6.45, 7) is 2.53. The van der Waals surface area contributed by atoms with Crippen LogP contribution >= 0.6 is 0 Å². The number of amides is 2. The average Bonchev–Trinajstić information content (AvgIpc) is 2.69. The molecule has 0 aliphatic heterocycles. The molecule has 0 bridgehead atoms. The Balaban J connectivity index is 2.05. The Hall–Kier alpha value is -3.88. The van der Waals surface area contributed by atoms with E-state index in [-0.39, 0.29) is 24.3 Å². The predicted molar refractivity (Wildman–Crippen MR) is 110 cm³/mol. The highest BCUT2D eigenvalue weighted by atomic mass is 16.5. The number of aromatic hydroxyl groups is 1. The summed E-state index contributed by atoms with van der Waals surface area (Å²) >= 11 is 0. The summed E-state index contributed by atoms with van der Waals surface area (Å²) in [6.07, 6.45) is 0.242. The molecule has 2 aromatic rings. The van der Waals surface area contributed by atoms with Crippen LogP contribution in [0.2, 0.25) is 0 Å². The van der Waals surface area contributed by atoms with Gasteiger partial charge in [0.2, 0.25) is 11.8 Å². The van der Waals surface area contributed by atoms with Crippen LogP contribution in [0.15, 0.2) is 48.5 Å². The van der Waals surface area contributed by atoms with E-state index >= 15 is 0 Å². The number of hydrogen-bond acceptors (Lipinski definition) is 6. The lowest BCUT2D eigenvalue weighted by Gasteiger charge is -2.17. The second-order valence-electron chi connectivity index (χ2n) is 6.98. The Morgan fingerprint density at radius 2 is 1.26 bits per heavy atom. The summed E-state index contributed by atoms with van der Waals surface area (Å²) in [5, 5.41) is 23.5. The molecule has 0 spiro atoms. The van der Waals surface area contributed by atoms with Gasteiger partial charge in [-0.3, -0.25) is 9.59 Å². The van der Waals surface area contributed by atoms with E-state index in [1.165, 1.54) is 38.1 Å².